The second-order valence-electron chi connectivity index (χ2n) is 18.9. The first-order chi connectivity index (χ1) is 30.6. The zero-order chi connectivity index (χ0) is 44.0. The fourth-order valence-electron chi connectivity index (χ4n) is 12.1. The zero-order valence-electron chi connectivity index (χ0n) is 38.5. The number of nitrogens with zero attached hydrogens (tertiary/aromatic N) is 1. The van der Waals surface area contributed by atoms with Crippen molar-refractivity contribution in [2.75, 3.05) is 4.43 Å². The van der Waals surface area contributed by atoms with Crippen LogP contribution in [0.5, 0.6) is 0 Å². The van der Waals surface area contributed by atoms with Gasteiger partial charge in [-0.3, -0.25) is 0 Å². The number of aryl methyl sites for hydroxylation is 1. The maximum Gasteiger partial charge on any atom is 0.0404 e. The van der Waals surface area contributed by atoms with Crippen LogP contribution in [0, 0.1) is 30.6 Å². The van der Waals surface area contributed by atoms with Gasteiger partial charge in [-0.2, -0.15) is 0 Å². The van der Waals surface area contributed by atoms with Gasteiger partial charge in [-0.25, -0.2) is 0 Å². The summed E-state index contributed by atoms with van der Waals surface area (Å²) in [5, 5.41) is 0. The van der Waals surface area contributed by atoms with Crippen molar-refractivity contribution in [3.05, 3.63) is 206 Å². The van der Waals surface area contributed by atoms with E-state index < -0.39 is 0 Å². The van der Waals surface area contributed by atoms with Crippen LogP contribution in [0.4, 0.5) is 0 Å². The molecule has 63 heavy (non-hydrogen) atoms. The lowest BCUT2D eigenvalue weighted by atomic mass is 9.51. The summed E-state index contributed by atoms with van der Waals surface area (Å²) in [4.78, 5) is 2.61. The van der Waals surface area contributed by atoms with E-state index in [-0.39, 0.29) is 10.8 Å². The van der Waals surface area contributed by atoms with Crippen LogP contribution in [0.2, 0.25) is 0 Å². The van der Waals surface area contributed by atoms with Gasteiger partial charge in [0.25, 0.3) is 0 Å². The van der Waals surface area contributed by atoms with E-state index in [2.05, 4.69) is 203 Å². The fourth-order valence-corrected chi connectivity index (χ4v) is 12.7. The Labute approximate surface area is 392 Å². The molecule has 0 aromatic heterocycles. The van der Waals surface area contributed by atoms with Gasteiger partial charge in [0.2, 0.25) is 0 Å². The number of benzene rings is 3. The molecular formula is C61H62IN. The third-order valence-corrected chi connectivity index (χ3v) is 16.1. The number of terminal acetylenes is 1. The summed E-state index contributed by atoms with van der Waals surface area (Å²) in [7, 11) is 0. The monoisotopic (exact) mass is 935 g/mol. The van der Waals surface area contributed by atoms with Crippen molar-refractivity contribution >= 4 is 39.3 Å². The van der Waals surface area contributed by atoms with Crippen LogP contribution in [-0.4, -0.2) is 9.33 Å². The number of fused-ring (bicyclic) bond motifs is 3. The standard InChI is InChI=1S/C61H62IN/c1-9-18-51-50(10-2)55-37-45(35-46-38-61(12-4,59(46)55)56(51)11-3)54-36-44(25-23-41(54)6)43-26-29-47(30-27-43)63(49(39-62)28-24-40(5)42-19-14-13-15-20-42)48-31-33-53-52-21-16-17-22-57(52)60(7,8)58(53)34-32-48/h1,10-11,13-15,18-20,22-26,28-29,31,33-37,52H,12,16-17,21,27,30,32,38-39H2,2-8H3/b40-24+,49-28+,50-10+,51-18+,56-11-. The average Bonchev–Trinajstić information content (AvgIpc) is 3.40. The molecular weight excluding hydrogens is 874 g/mol. The first kappa shape index (κ1) is 43.2. The molecule has 0 radical (unpaired) electrons. The van der Waals surface area contributed by atoms with Gasteiger partial charge in [-0.1, -0.05) is 146 Å². The molecule has 2 unspecified atom stereocenters. The van der Waals surface area contributed by atoms with E-state index in [0.29, 0.717) is 5.92 Å². The predicted molar refractivity (Wildman–Crippen MR) is 279 cm³/mol. The van der Waals surface area contributed by atoms with E-state index in [1.807, 2.05) is 6.08 Å². The van der Waals surface area contributed by atoms with Gasteiger partial charge >= 0.3 is 0 Å². The maximum atomic E-state index is 5.96. The molecule has 1 fully saturated rings. The first-order valence-electron chi connectivity index (χ1n) is 23.4. The molecule has 0 spiro atoms. The number of alkyl halides is 1. The maximum absolute atomic E-state index is 5.96. The quantitative estimate of drug-likeness (QED) is 0.0679. The molecule has 0 heterocycles. The molecule has 3 aromatic carbocycles. The minimum absolute atomic E-state index is 0.0462. The van der Waals surface area contributed by atoms with Crippen LogP contribution in [0.15, 0.2) is 172 Å². The molecule has 9 rings (SSSR count). The van der Waals surface area contributed by atoms with Crippen molar-refractivity contribution in [3.63, 3.8) is 0 Å². The van der Waals surface area contributed by atoms with Crippen molar-refractivity contribution in [2.24, 2.45) is 11.3 Å². The van der Waals surface area contributed by atoms with Crippen LogP contribution < -0.4 is 0 Å². The van der Waals surface area contributed by atoms with E-state index in [1.165, 1.54) is 114 Å². The summed E-state index contributed by atoms with van der Waals surface area (Å²) in [5.41, 5.74) is 26.3. The average molecular weight is 936 g/mol. The lowest BCUT2D eigenvalue weighted by molar-refractivity contribution is 0.422. The van der Waals surface area contributed by atoms with Crippen LogP contribution in [-0.2, 0) is 11.8 Å². The largest absolute Gasteiger partial charge is 0.321 e. The molecule has 318 valence electrons. The fraction of sp³-hybridized carbons (Fsp3) is 0.311. The van der Waals surface area contributed by atoms with Gasteiger partial charge in [0.05, 0.1) is 0 Å². The van der Waals surface area contributed by atoms with Gasteiger partial charge in [-0.05, 0) is 193 Å². The normalized spacial score (nSPS) is 24.4. The molecule has 0 saturated heterocycles. The lowest BCUT2D eigenvalue weighted by Gasteiger charge is -2.52. The summed E-state index contributed by atoms with van der Waals surface area (Å²) in [6.07, 6.45) is 40.9. The summed E-state index contributed by atoms with van der Waals surface area (Å²) in [6.45, 7) is 16.1. The molecule has 1 saturated carbocycles. The van der Waals surface area contributed by atoms with Crippen LogP contribution in [0.1, 0.15) is 120 Å². The topological polar surface area (TPSA) is 3.24 Å². The molecule has 2 atom stereocenters. The summed E-state index contributed by atoms with van der Waals surface area (Å²) in [6, 6.07) is 22.8. The lowest BCUT2D eigenvalue weighted by Crippen LogP contribution is -2.44. The number of allylic oxidation sites excluding steroid dienone is 21. The summed E-state index contributed by atoms with van der Waals surface area (Å²) < 4.78 is 0.907. The van der Waals surface area contributed by atoms with Crippen LogP contribution in [0.3, 0.4) is 0 Å². The molecule has 0 amide bonds. The van der Waals surface area contributed by atoms with Gasteiger partial charge < -0.3 is 4.90 Å². The Morgan fingerprint density at radius 1 is 0.889 bits per heavy atom. The number of hydrogen-bond donors (Lipinski definition) is 0. The molecule has 6 aliphatic rings. The highest BCUT2D eigenvalue weighted by atomic mass is 127. The SMILES string of the molecule is C#C/C=C1C(=C/C)\c2cc(-c3cc(C4=CC=C(N(C5=CC=C6C(=CC5)C(C)(C)C5=CCCCC65)/C(=C/C=C(\C)c5ccccc5)CI)CC4)ccc3C)cc3c2C(CC)(C3)C\1=C/C. The smallest absolute Gasteiger partial charge is 0.0404 e. The van der Waals surface area contributed by atoms with Crippen molar-refractivity contribution in [3.8, 4) is 23.5 Å². The van der Waals surface area contributed by atoms with E-state index in [4.69, 9.17) is 6.42 Å². The minimum atomic E-state index is 0.0462. The van der Waals surface area contributed by atoms with Gasteiger partial charge in [-0.15, -0.1) is 6.42 Å². The number of halogens is 1. The third-order valence-electron chi connectivity index (χ3n) is 15.3. The van der Waals surface area contributed by atoms with E-state index in [0.717, 1.165) is 36.5 Å². The Bertz CT molecular complexity index is 2790. The Morgan fingerprint density at radius 2 is 1.68 bits per heavy atom. The van der Waals surface area contributed by atoms with E-state index in [9.17, 15) is 0 Å². The van der Waals surface area contributed by atoms with E-state index >= 15 is 0 Å². The highest BCUT2D eigenvalue weighted by Gasteiger charge is 2.50. The minimum Gasteiger partial charge on any atom is -0.321 e. The molecule has 0 bridgehead atoms. The Kier molecular flexibility index (Phi) is 12.0. The molecule has 3 aromatic rings. The molecule has 1 nitrogen and oxygen atoms in total. The second kappa shape index (κ2) is 17.5. The first-order valence-corrected chi connectivity index (χ1v) is 24.9. The Hall–Kier alpha value is -5.11. The van der Waals surface area contributed by atoms with Crippen molar-refractivity contribution in [2.45, 2.75) is 105 Å². The van der Waals surface area contributed by atoms with Crippen molar-refractivity contribution < 1.29 is 0 Å². The number of rotatable bonds is 9. The molecule has 2 heteroatoms. The third kappa shape index (κ3) is 7.33. The molecule has 0 N–H and O–H groups in total. The van der Waals surface area contributed by atoms with Gasteiger partial charge in [0, 0.05) is 44.7 Å². The van der Waals surface area contributed by atoms with Crippen molar-refractivity contribution in [1.82, 2.24) is 4.90 Å². The van der Waals surface area contributed by atoms with E-state index in [1.54, 1.807) is 11.1 Å². The molecule has 6 aliphatic carbocycles. The van der Waals surface area contributed by atoms with Crippen LogP contribution >= 0.6 is 22.6 Å². The molecule has 0 aliphatic heterocycles. The summed E-state index contributed by atoms with van der Waals surface area (Å²) in [5.74, 6) is 3.44. The van der Waals surface area contributed by atoms with Gasteiger partial charge in [0.1, 0.15) is 0 Å². The van der Waals surface area contributed by atoms with Gasteiger partial charge in [0.15, 0.2) is 0 Å². The number of hydrogen-bond acceptors (Lipinski definition) is 1. The zero-order valence-corrected chi connectivity index (χ0v) is 40.6. The highest BCUT2D eigenvalue weighted by molar-refractivity contribution is 14.1. The van der Waals surface area contributed by atoms with Crippen LogP contribution in [0.25, 0.3) is 27.8 Å². The van der Waals surface area contributed by atoms with Crippen molar-refractivity contribution in [1.29, 1.82) is 0 Å². The predicted octanol–water partition coefficient (Wildman–Crippen LogP) is 16.5. The highest BCUT2D eigenvalue weighted by Crippen LogP contribution is 2.61. The summed E-state index contributed by atoms with van der Waals surface area (Å²) >= 11 is 2.58. The Morgan fingerprint density at radius 3 is 2.40 bits per heavy atom. The Balaban J connectivity index is 1.09. The second-order valence-corrected chi connectivity index (χ2v) is 19.7.